The Labute approximate surface area is 205 Å². The lowest BCUT2D eigenvalue weighted by molar-refractivity contribution is -0.127. The minimum Gasteiger partial charge on any atom is -0.480 e. The number of ether oxygens (including phenoxy) is 2. The number of nitrogens with zero attached hydrogens (tertiary/aromatic N) is 1. The molecule has 4 rings (SSSR count). The number of fused-ring (bicyclic) bond motifs is 1. The van der Waals surface area contributed by atoms with Gasteiger partial charge in [0.2, 0.25) is 0 Å². The van der Waals surface area contributed by atoms with Crippen molar-refractivity contribution in [3.05, 3.63) is 107 Å². The summed E-state index contributed by atoms with van der Waals surface area (Å²) >= 11 is 3.34. The molecule has 6 nitrogen and oxygen atoms in total. The number of halogens is 1. The molecule has 0 aliphatic rings. The van der Waals surface area contributed by atoms with Crippen molar-refractivity contribution in [1.82, 2.24) is 5.43 Å². The first-order chi connectivity index (χ1) is 16.5. The topological polar surface area (TPSA) is 77.0 Å². The van der Waals surface area contributed by atoms with Crippen molar-refractivity contribution in [3.8, 4) is 11.5 Å². The average Bonchev–Trinajstić information content (AvgIpc) is 2.85. The summed E-state index contributed by atoms with van der Waals surface area (Å²) in [5.74, 6) is 0.209. The van der Waals surface area contributed by atoms with Gasteiger partial charge in [0, 0.05) is 9.86 Å². The van der Waals surface area contributed by atoms with Gasteiger partial charge in [-0.15, -0.1) is 0 Å². The van der Waals surface area contributed by atoms with Crippen molar-refractivity contribution in [3.63, 3.8) is 0 Å². The second-order valence-electron chi connectivity index (χ2n) is 7.41. The van der Waals surface area contributed by atoms with E-state index in [0.717, 1.165) is 16.3 Å². The molecule has 1 N–H and O–H groups in total. The fourth-order valence-corrected chi connectivity index (χ4v) is 3.66. The summed E-state index contributed by atoms with van der Waals surface area (Å²) in [6.45, 7) is 1.67. The van der Waals surface area contributed by atoms with Crippen LogP contribution in [0.5, 0.6) is 11.5 Å². The lowest BCUT2D eigenvalue weighted by Gasteiger charge is -2.14. The average molecular weight is 517 g/mol. The number of hydrogen-bond acceptors (Lipinski definition) is 5. The van der Waals surface area contributed by atoms with E-state index in [-0.39, 0.29) is 5.91 Å². The van der Waals surface area contributed by atoms with Crippen molar-refractivity contribution in [1.29, 1.82) is 0 Å². The lowest BCUT2D eigenvalue weighted by atomic mass is 10.1. The van der Waals surface area contributed by atoms with Gasteiger partial charge in [0.05, 0.1) is 11.8 Å². The molecule has 0 saturated heterocycles. The molecule has 0 saturated carbocycles. The van der Waals surface area contributed by atoms with Crippen molar-refractivity contribution in [2.45, 2.75) is 13.0 Å². The second kappa shape index (κ2) is 10.8. The van der Waals surface area contributed by atoms with Gasteiger partial charge in [-0.25, -0.2) is 10.2 Å². The summed E-state index contributed by atoms with van der Waals surface area (Å²) in [7, 11) is 0. The molecule has 0 heterocycles. The molecule has 0 aliphatic heterocycles. The molecule has 0 fully saturated rings. The predicted molar refractivity (Wildman–Crippen MR) is 135 cm³/mol. The van der Waals surface area contributed by atoms with Crippen LogP contribution in [-0.2, 0) is 4.79 Å². The summed E-state index contributed by atoms with van der Waals surface area (Å²) < 4.78 is 11.9. The Morgan fingerprint density at radius 3 is 2.41 bits per heavy atom. The molecule has 0 radical (unpaired) electrons. The van der Waals surface area contributed by atoms with E-state index in [1.807, 2.05) is 48.5 Å². The van der Waals surface area contributed by atoms with E-state index in [4.69, 9.17) is 9.47 Å². The van der Waals surface area contributed by atoms with E-state index in [1.54, 1.807) is 49.4 Å². The van der Waals surface area contributed by atoms with E-state index in [2.05, 4.69) is 26.5 Å². The monoisotopic (exact) mass is 516 g/mol. The minimum absolute atomic E-state index is 0.372. The first-order valence-electron chi connectivity index (χ1n) is 10.6. The van der Waals surface area contributed by atoms with E-state index < -0.39 is 12.1 Å². The van der Waals surface area contributed by atoms with Crippen molar-refractivity contribution in [2.75, 3.05) is 0 Å². The van der Waals surface area contributed by atoms with Crippen LogP contribution in [0, 0.1) is 0 Å². The quantitative estimate of drug-likeness (QED) is 0.147. The zero-order chi connectivity index (χ0) is 23.9. The molecular formula is C27H21BrN2O4. The fourth-order valence-electron chi connectivity index (χ4n) is 3.21. The number of hydrogen-bond donors (Lipinski definition) is 1. The largest absolute Gasteiger partial charge is 0.480 e. The van der Waals surface area contributed by atoms with E-state index >= 15 is 0 Å². The van der Waals surface area contributed by atoms with E-state index in [1.165, 1.54) is 6.21 Å². The molecule has 0 aromatic heterocycles. The number of amides is 1. The number of benzene rings is 4. The van der Waals surface area contributed by atoms with E-state index in [0.29, 0.717) is 21.5 Å². The highest BCUT2D eigenvalue weighted by Crippen LogP contribution is 2.26. The summed E-state index contributed by atoms with van der Waals surface area (Å²) in [6, 6.07) is 27.4. The Bertz CT molecular complexity index is 1350. The Morgan fingerprint density at radius 2 is 1.62 bits per heavy atom. The van der Waals surface area contributed by atoms with Crippen LogP contribution in [-0.4, -0.2) is 24.2 Å². The highest BCUT2D eigenvalue weighted by Gasteiger charge is 2.15. The van der Waals surface area contributed by atoms with Crippen LogP contribution < -0.4 is 14.9 Å². The number of carbonyl (C=O) groups is 2. The second-order valence-corrected chi connectivity index (χ2v) is 8.26. The summed E-state index contributed by atoms with van der Waals surface area (Å²) in [5.41, 5.74) is 3.65. The molecule has 34 heavy (non-hydrogen) atoms. The third-order valence-corrected chi connectivity index (χ3v) is 5.69. The number of nitrogens with one attached hydrogen (secondary N) is 1. The van der Waals surface area contributed by atoms with Crippen LogP contribution in [0.25, 0.3) is 10.8 Å². The highest BCUT2D eigenvalue weighted by atomic mass is 79.9. The molecular weight excluding hydrogens is 496 g/mol. The van der Waals surface area contributed by atoms with Gasteiger partial charge < -0.3 is 9.47 Å². The molecule has 7 heteroatoms. The maximum absolute atomic E-state index is 12.4. The number of esters is 1. The molecule has 0 aliphatic carbocycles. The van der Waals surface area contributed by atoms with Crippen molar-refractivity contribution < 1.29 is 19.1 Å². The van der Waals surface area contributed by atoms with Crippen molar-refractivity contribution in [2.24, 2.45) is 5.10 Å². The standard InChI is InChI=1S/C27H21BrN2O4/c1-18(33-25-12-6-8-20-7-2-3-9-22(20)25)26(31)30-29-17-19-13-15-21(16-14-19)34-27(32)23-10-4-5-11-24(23)28/h2-18H,1H3,(H,30,31)/b29-17+. The van der Waals surface area contributed by atoms with Gasteiger partial charge in [0.1, 0.15) is 11.5 Å². The normalized spacial score (nSPS) is 11.8. The predicted octanol–water partition coefficient (Wildman–Crippen LogP) is 5.74. The summed E-state index contributed by atoms with van der Waals surface area (Å²) in [6.07, 6.45) is 0.768. The third kappa shape index (κ3) is 5.68. The number of hydrazone groups is 1. The molecule has 4 aromatic rings. The van der Waals surface area contributed by atoms with Crippen LogP contribution in [0.2, 0.25) is 0 Å². The fraction of sp³-hybridized carbons (Fsp3) is 0.0741. The van der Waals surface area contributed by atoms with Gasteiger partial charge in [-0.3, -0.25) is 4.79 Å². The van der Waals surface area contributed by atoms with Gasteiger partial charge in [0.25, 0.3) is 5.91 Å². The minimum atomic E-state index is -0.734. The SMILES string of the molecule is CC(Oc1cccc2ccccc12)C(=O)N/N=C/c1ccc(OC(=O)c2ccccc2Br)cc1. The number of rotatable bonds is 7. The van der Waals surface area contributed by atoms with Crippen LogP contribution >= 0.6 is 15.9 Å². The molecule has 0 bridgehead atoms. The van der Waals surface area contributed by atoms with Crippen LogP contribution in [0.15, 0.2) is 101 Å². The maximum atomic E-state index is 12.4. The molecule has 0 spiro atoms. The lowest BCUT2D eigenvalue weighted by Crippen LogP contribution is -2.33. The summed E-state index contributed by atoms with van der Waals surface area (Å²) in [4.78, 5) is 24.7. The highest BCUT2D eigenvalue weighted by molar-refractivity contribution is 9.10. The van der Waals surface area contributed by atoms with Gasteiger partial charge in [-0.05, 0) is 76.3 Å². The molecule has 1 amide bonds. The maximum Gasteiger partial charge on any atom is 0.344 e. The van der Waals surface area contributed by atoms with Gasteiger partial charge in [-0.2, -0.15) is 5.10 Å². The van der Waals surface area contributed by atoms with Crippen LogP contribution in [0.3, 0.4) is 0 Å². The molecule has 4 aromatic carbocycles. The Hall–Kier alpha value is -3.97. The summed E-state index contributed by atoms with van der Waals surface area (Å²) in [5, 5.41) is 5.97. The van der Waals surface area contributed by atoms with Crippen molar-refractivity contribution >= 4 is 44.8 Å². The first kappa shape index (κ1) is 23.2. The Balaban J connectivity index is 1.31. The smallest absolute Gasteiger partial charge is 0.344 e. The Morgan fingerprint density at radius 1 is 0.912 bits per heavy atom. The van der Waals surface area contributed by atoms with Gasteiger partial charge >= 0.3 is 5.97 Å². The third-order valence-electron chi connectivity index (χ3n) is 5.00. The molecule has 1 atom stereocenters. The van der Waals surface area contributed by atoms with Gasteiger partial charge in [0.15, 0.2) is 6.10 Å². The number of carbonyl (C=O) groups excluding carboxylic acids is 2. The molecule has 1 unspecified atom stereocenters. The van der Waals surface area contributed by atoms with E-state index in [9.17, 15) is 9.59 Å². The molecule has 170 valence electrons. The van der Waals surface area contributed by atoms with Crippen LogP contribution in [0.4, 0.5) is 0 Å². The van der Waals surface area contributed by atoms with Crippen LogP contribution in [0.1, 0.15) is 22.8 Å². The zero-order valence-electron chi connectivity index (χ0n) is 18.3. The first-order valence-corrected chi connectivity index (χ1v) is 11.3. The van der Waals surface area contributed by atoms with Gasteiger partial charge in [-0.1, -0.05) is 48.5 Å². The zero-order valence-corrected chi connectivity index (χ0v) is 19.9. The Kier molecular flexibility index (Phi) is 7.34.